The lowest BCUT2D eigenvalue weighted by molar-refractivity contribution is 0.202. The molecule has 2 fully saturated rings. The maximum atomic E-state index is 4.40. The van der Waals surface area contributed by atoms with Crippen LogP contribution < -0.4 is 0 Å². The Morgan fingerprint density at radius 3 is 1.75 bits per heavy atom. The number of rotatable bonds is 18. The molecule has 1 nitrogen and oxygen atoms in total. The number of unbranched alkanes of at least 4 members (excludes halogenated alkanes) is 2. The van der Waals surface area contributed by atoms with Crippen LogP contribution >= 0.6 is 0 Å². The molecule has 5 atom stereocenters. The summed E-state index contributed by atoms with van der Waals surface area (Å²) in [5.41, 5.74) is 8.03. The Balaban J connectivity index is -0.000000179. The van der Waals surface area contributed by atoms with Crippen LogP contribution in [0.1, 0.15) is 228 Å². The zero-order valence-corrected chi connectivity index (χ0v) is 44.2. The fraction of sp³-hybridized carbons (Fsp3) is 0.690. The lowest BCUT2D eigenvalue weighted by Gasteiger charge is -2.40. The van der Waals surface area contributed by atoms with Crippen molar-refractivity contribution in [3.63, 3.8) is 0 Å². The second-order valence-corrected chi connectivity index (χ2v) is 15.3. The van der Waals surface area contributed by atoms with Crippen molar-refractivity contribution >= 4 is 0 Å². The van der Waals surface area contributed by atoms with Gasteiger partial charge in [0.25, 0.3) is 0 Å². The quantitative estimate of drug-likeness (QED) is 0.0756. The maximum absolute atomic E-state index is 4.40. The Hall–Kier alpha value is -2.54. The molecule has 1 aliphatic heterocycles. The third-order valence-corrected chi connectivity index (χ3v) is 10.7. The van der Waals surface area contributed by atoms with Gasteiger partial charge in [0.05, 0.1) is 0 Å². The molecule has 59 heavy (non-hydrogen) atoms. The highest BCUT2D eigenvalue weighted by molar-refractivity contribution is 5.28. The zero-order chi connectivity index (χ0) is 47.2. The summed E-state index contributed by atoms with van der Waals surface area (Å²) in [4.78, 5) is 2.51. The van der Waals surface area contributed by atoms with E-state index in [0.717, 1.165) is 31.6 Å². The molecule has 0 spiro atoms. The molecule has 2 aliphatic rings. The van der Waals surface area contributed by atoms with E-state index in [-0.39, 0.29) is 0 Å². The number of likely N-dealkylation sites (tertiary alicyclic amines) is 1. The van der Waals surface area contributed by atoms with Crippen LogP contribution in [0.4, 0.5) is 0 Å². The van der Waals surface area contributed by atoms with E-state index in [4.69, 9.17) is 0 Å². The third-order valence-electron chi connectivity index (χ3n) is 10.7. The molecule has 1 saturated heterocycles. The van der Waals surface area contributed by atoms with Crippen molar-refractivity contribution in [1.29, 1.82) is 0 Å². The van der Waals surface area contributed by atoms with Gasteiger partial charge in [0.2, 0.25) is 0 Å². The van der Waals surface area contributed by atoms with Gasteiger partial charge in [0, 0.05) is 18.3 Å². The van der Waals surface area contributed by atoms with E-state index in [1.165, 1.54) is 111 Å². The van der Waals surface area contributed by atoms with Gasteiger partial charge < -0.3 is 4.90 Å². The van der Waals surface area contributed by atoms with Crippen molar-refractivity contribution in [2.75, 3.05) is 6.54 Å². The van der Waals surface area contributed by atoms with Gasteiger partial charge in [-0.2, -0.15) is 0 Å². The molecule has 0 radical (unpaired) electrons. The van der Waals surface area contributed by atoms with Crippen molar-refractivity contribution < 1.29 is 0 Å². The van der Waals surface area contributed by atoms with Gasteiger partial charge in [-0.25, -0.2) is 0 Å². The van der Waals surface area contributed by atoms with E-state index in [0.29, 0.717) is 23.8 Å². The standard InChI is InChI=1S/C25H40.C17H29N.C6H12.5C2H6/c1-9-21(4)15-13-11-10-12-14-16-22(5)24(7)19-25(8)23(6)18-17-20(2)3;1-13-9-5-6-11-17(13)15(3)16(4)18-12-8-7-10-14(18)2;1-3-5-6-4-2;5*1-2/h10-13,15,18,22,25H,2,7,9,14,16-17,19H2,1,3-6,8H3;13-14,17H,3-12H2,1-2H3;3H,1,4-6H2,2H3;5*1-2H3/b12-10+,13-11+,21-15+,23-18+;;;;;;;. The lowest BCUT2D eigenvalue weighted by Crippen LogP contribution is -2.38. The average Bonchev–Trinajstić information content (AvgIpc) is 3.27. The van der Waals surface area contributed by atoms with Gasteiger partial charge in [0.1, 0.15) is 0 Å². The van der Waals surface area contributed by atoms with Crippen molar-refractivity contribution in [1.82, 2.24) is 4.90 Å². The first-order chi connectivity index (χ1) is 28.3. The predicted molar refractivity (Wildman–Crippen MR) is 283 cm³/mol. The summed E-state index contributed by atoms with van der Waals surface area (Å²) in [5, 5.41) is 0. The molecule has 0 N–H and O–H groups in total. The lowest BCUT2D eigenvalue weighted by atomic mass is 9.75. The third kappa shape index (κ3) is 39.4. The highest BCUT2D eigenvalue weighted by Crippen LogP contribution is 2.38. The van der Waals surface area contributed by atoms with Gasteiger partial charge in [-0.05, 0) is 121 Å². The van der Waals surface area contributed by atoms with Gasteiger partial charge in [-0.15, -0.1) is 6.58 Å². The van der Waals surface area contributed by atoms with Crippen LogP contribution in [0, 0.1) is 23.7 Å². The number of nitrogens with zero attached hydrogens (tertiary/aromatic N) is 1. The van der Waals surface area contributed by atoms with Crippen molar-refractivity contribution in [2.24, 2.45) is 23.7 Å². The Morgan fingerprint density at radius 1 is 0.712 bits per heavy atom. The molecular formula is C58H111N. The first kappa shape index (κ1) is 68.2. The average molecular weight is 823 g/mol. The minimum absolute atomic E-state index is 0.571. The maximum Gasteiger partial charge on any atom is 0.0325 e. The Morgan fingerprint density at radius 2 is 1.27 bits per heavy atom. The smallest absolute Gasteiger partial charge is 0.0325 e. The monoisotopic (exact) mass is 822 g/mol. The van der Waals surface area contributed by atoms with E-state index in [2.05, 4.69) is 137 Å². The molecule has 1 aliphatic carbocycles. The highest BCUT2D eigenvalue weighted by atomic mass is 15.2. The van der Waals surface area contributed by atoms with Crippen LogP contribution in [0.15, 0.2) is 109 Å². The van der Waals surface area contributed by atoms with Gasteiger partial charge in [-0.3, -0.25) is 0 Å². The molecule has 0 aromatic carbocycles. The van der Waals surface area contributed by atoms with Crippen molar-refractivity contribution in [3.05, 3.63) is 109 Å². The van der Waals surface area contributed by atoms with Crippen LogP contribution in [0.2, 0.25) is 0 Å². The fourth-order valence-corrected chi connectivity index (χ4v) is 6.50. The molecule has 2 rings (SSSR count). The van der Waals surface area contributed by atoms with E-state index in [1.54, 1.807) is 0 Å². The summed E-state index contributed by atoms with van der Waals surface area (Å²) < 4.78 is 0. The molecule has 5 unspecified atom stereocenters. The van der Waals surface area contributed by atoms with Crippen molar-refractivity contribution in [2.45, 2.75) is 234 Å². The highest BCUT2D eigenvalue weighted by Gasteiger charge is 2.28. The molecule has 0 amide bonds. The van der Waals surface area contributed by atoms with E-state index < -0.39 is 0 Å². The summed E-state index contributed by atoms with van der Waals surface area (Å²) in [6.45, 7) is 62.0. The van der Waals surface area contributed by atoms with Gasteiger partial charge in [0.15, 0.2) is 0 Å². The van der Waals surface area contributed by atoms with Gasteiger partial charge >= 0.3 is 0 Å². The number of allylic oxidation sites excluding steroid dienone is 12. The number of piperidine rings is 1. The van der Waals surface area contributed by atoms with Crippen molar-refractivity contribution in [3.8, 4) is 0 Å². The summed E-state index contributed by atoms with van der Waals surface area (Å²) in [5.74, 6) is 2.62. The Bertz CT molecular complexity index is 1060. The largest absolute Gasteiger partial charge is 0.369 e. The predicted octanol–water partition coefficient (Wildman–Crippen LogP) is 20.6. The Labute approximate surface area is 376 Å². The van der Waals surface area contributed by atoms with Crippen LogP contribution in [0.25, 0.3) is 0 Å². The SMILES string of the molecule is C=C(C(=C)N1CCCCC1C)C1CCCCC1C.C=C(C)C/C=C(\C)C(C)CC(=C)C(C)CC/C=C/C=C/C=C(\C)CC.C=CCCCC.CC.CC.CC.CC.CC. The van der Waals surface area contributed by atoms with Crippen LogP contribution in [-0.4, -0.2) is 17.5 Å². The minimum Gasteiger partial charge on any atom is -0.369 e. The minimum atomic E-state index is 0.571. The summed E-state index contributed by atoms with van der Waals surface area (Å²) >= 11 is 0. The van der Waals surface area contributed by atoms with E-state index in [9.17, 15) is 0 Å². The molecular weight excluding hydrogens is 711 g/mol. The summed E-state index contributed by atoms with van der Waals surface area (Å²) in [7, 11) is 0. The van der Waals surface area contributed by atoms with E-state index in [1.807, 2.05) is 75.3 Å². The first-order valence-electron chi connectivity index (χ1n) is 25.0. The fourth-order valence-electron chi connectivity index (χ4n) is 6.50. The molecule has 1 heterocycles. The molecule has 1 saturated carbocycles. The van der Waals surface area contributed by atoms with Gasteiger partial charge in [-0.1, -0.05) is 227 Å². The normalized spacial score (nSPS) is 18.2. The molecule has 0 aromatic heterocycles. The number of hydrogen-bond donors (Lipinski definition) is 0. The molecule has 348 valence electrons. The molecule has 1 heteroatoms. The van der Waals surface area contributed by atoms with Crippen LogP contribution in [0.5, 0.6) is 0 Å². The molecule has 0 aromatic rings. The molecule has 0 bridgehead atoms. The second-order valence-electron chi connectivity index (χ2n) is 15.3. The topological polar surface area (TPSA) is 3.24 Å². The summed E-state index contributed by atoms with van der Waals surface area (Å²) in [6.07, 6.45) is 33.8. The van der Waals surface area contributed by atoms with E-state index >= 15 is 0 Å². The zero-order valence-electron chi connectivity index (χ0n) is 44.2. The van der Waals surface area contributed by atoms with Crippen LogP contribution in [0.3, 0.4) is 0 Å². The first-order valence-corrected chi connectivity index (χ1v) is 25.0. The Kier molecular flexibility index (Phi) is 59.6. The number of hydrogen-bond acceptors (Lipinski definition) is 1. The summed E-state index contributed by atoms with van der Waals surface area (Å²) in [6, 6.07) is 0.655. The van der Waals surface area contributed by atoms with Crippen LogP contribution in [-0.2, 0) is 0 Å². The second kappa shape index (κ2) is 51.6.